The van der Waals surface area contributed by atoms with E-state index in [1.54, 1.807) is 29.4 Å². The highest BCUT2D eigenvalue weighted by atomic mass is 16.5. The normalized spacial score (nSPS) is 10.4. The van der Waals surface area contributed by atoms with Gasteiger partial charge in [-0.3, -0.25) is 9.36 Å². The van der Waals surface area contributed by atoms with Crippen molar-refractivity contribution in [1.29, 1.82) is 0 Å². The number of nitrogens with one attached hydrogen (secondary N) is 1. The minimum atomic E-state index is -0.320. The van der Waals surface area contributed by atoms with Crippen molar-refractivity contribution in [2.75, 3.05) is 11.9 Å². The number of benzene rings is 2. The van der Waals surface area contributed by atoms with Gasteiger partial charge in [-0.25, -0.2) is 0 Å². The Morgan fingerprint density at radius 2 is 2.00 bits per heavy atom. The minimum Gasteiger partial charge on any atom is -0.508 e. The van der Waals surface area contributed by atoms with Crippen molar-refractivity contribution in [3.63, 3.8) is 0 Å². The summed E-state index contributed by atoms with van der Waals surface area (Å²) in [4.78, 5) is 12.1. The number of anilines is 1. The Morgan fingerprint density at radius 1 is 1.20 bits per heavy atom. The van der Waals surface area contributed by atoms with Gasteiger partial charge in [0.25, 0.3) is 5.91 Å². The first-order valence-electron chi connectivity index (χ1n) is 7.85. The molecule has 0 saturated carbocycles. The summed E-state index contributed by atoms with van der Waals surface area (Å²) in [5.74, 6) is 0.326. The molecule has 1 aromatic heterocycles. The number of nitrogens with zero attached hydrogens (tertiary/aromatic N) is 3. The number of phenols is 1. The van der Waals surface area contributed by atoms with Gasteiger partial charge in [-0.15, -0.1) is 10.2 Å². The Balaban J connectivity index is 1.71. The number of hydrogen-bond acceptors (Lipinski definition) is 5. The lowest BCUT2D eigenvalue weighted by atomic mass is 10.1. The van der Waals surface area contributed by atoms with E-state index in [0.29, 0.717) is 11.4 Å². The van der Waals surface area contributed by atoms with Gasteiger partial charge in [0.15, 0.2) is 6.61 Å². The van der Waals surface area contributed by atoms with E-state index in [9.17, 15) is 9.90 Å². The Kier molecular flexibility index (Phi) is 4.94. The van der Waals surface area contributed by atoms with E-state index in [2.05, 4.69) is 22.4 Å². The van der Waals surface area contributed by atoms with Gasteiger partial charge in [-0.1, -0.05) is 19.1 Å². The molecule has 0 saturated heterocycles. The predicted octanol–water partition coefficient (Wildman–Crippen LogP) is 2.55. The molecular formula is C18H18N4O3. The van der Waals surface area contributed by atoms with Gasteiger partial charge in [0.05, 0.1) is 5.69 Å². The van der Waals surface area contributed by atoms with Crippen LogP contribution in [-0.4, -0.2) is 32.4 Å². The van der Waals surface area contributed by atoms with E-state index >= 15 is 0 Å². The molecule has 7 nitrogen and oxygen atoms in total. The molecule has 0 aliphatic carbocycles. The van der Waals surface area contributed by atoms with E-state index < -0.39 is 0 Å². The Labute approximate surface area is 144 Å². The molecule has 0 spiro atoms. The molecule has 7 heteroatoms. The number of aromatic nitrogens is 3. The van der Waals surface area contributed by atoms with Crippen LogP contribution in [0.1, 0.15) is 12.5 Å². The fourth-order valence-corrected chi connectivity index (χ4v) is 2.36. The first-order valence-corrected chi connectivity index (χ1v) is 7.85. The summed E-state index contributed by atoms with van der Waals surface area (Å²) < 4.78 is 7.41. The summed E-state index contributed by atoms with van der Waals surface area (Å²) >= 11 is 0. The Hall–Kier alpha value is -3.35. The average Bonchev–Trinajstić information content (AvgIpc) is 3.14. The molecular weight excluding hydrogens is 320 g/mol. The third kappa shape index (κ3) is 4.14. The Bertz CT molecular complexity index is 863. The molecule has 25 heavy (non-hydrogen) atoms. The second-order valence-electron chi connectivity index (χ2n) is 5.41. The summed E-state index contributed by atoms with van der Waals surface area (Å²) in [5.41, 5.74) is 2.42. The molecule has 0 unspecified atom stereocenters. The van der Waals surface area contributed by atoms with E-state index in [0.717, 1.165) is 17.7 Å². The number of amides is 1. The van der Waals surface area contributed by atoms with Crippen molar-refractivity contribution in [3.05, 3.63) is 60.7 Å². The van der Waals surface area contributed by atoms with Crippen molar-refractivity contribution in [1.82, 2.24) is 14.8 Å². The van der Waals surface area contributed by atoms with Gasteiger partial charge < -0.3 is 15.2 Å². The van der Waals surface area contributed by atoms with Gasteiger partial charge >= 0.3 is 0 Å². The van der Waals surface area contributed by atoms with E-state index in [-0.39, 0.29) is 18.3 Å². The van der Waals surface area contributed by atoms with Gasteiger partial charge in [-0.2, -0.15) is 0 Å². The molecule has 0 aliphatic heterocycles. The largest absolute Gasteiger partial charge is 0.508 e. The summed E-state index contributed by atoms with van der Waals surface area (Å²) in [5, 5.41) is 19.7. The highest BCUT2D eigenvalue weighted by Gasteiger charge is 2.10. The van der Waals surface area contributed by atoms with Crippen LogP contribution in [0, 0.1) is 0 Å². The van der Waals surface area contributed by atoms with E-state index in [1.165, 1.54) is 12.1 Å². The summed E-state index contributed by atoms with van der Waals surface area (Å²) in [6.45, 7) is 1.91. The number of aromatic hydroxyl groups is 1. The summed E-state index contributed by atoms with van der Waals surface area (Å²) in [6.07, 6.45) is 4.04. The zero-order valence-corrected chi connectivity index (χ0v) is 13.7. The molecule has 3 aromatic rings. The van der Waals surface area contributed by atoms with Gasteiger partial charge in [0.2, 0.25) is 0 Å². The molecule has 0 atom stereocenters. The Morgan fingerprint density at radius 3 is 2.72 bits per heavy atom. The number of hydrogen-bond donors (Lipinski definition) is 2. The first kappa shape index (κ1) is 16.5. The van der Waals surface area contributed by atoms with Crippen LogP contribution in [0.25, 0.3) is 5.69 Å². The smallest absolute Gasteiger partial charge is 0.262 e. The highest BCUT2D eigenvalue weighted by molar-refractivity contribution is 5.92. The van der Waals surface area contributed by atoms with Crippen LogP contribution in [0.2, 0.25) is 0 Å². The maximum Gasteiger partial charge on any atom is 0.262 e. The second-order valence-corrected chi connectivity index (χ2v) is 5.41. The van der Waals surface area contributed by atoms with E-state index in [4.69, 9.17) is 4.74 Å². The number of phenolic OH excluding ortho intramolecular Hbond substituents is 1. The lowest BCUT2D eigenvalue weighted by molar-refractivity contribution is -0.118. The minimum absolute atomic E-state index is 0.0868. The zero-order chi connectivity index (χ0) is 17.6. The standard InChI is InChI=1S/C18H18N4O3/c1-2-13-6-7-17(16(8-13)22-11-19-20-12-22)25-10-18(24)21-14-4-3-5-15(23)9-14/h3-9,11-12,23H,2,10H2,1H3,(H,21,24). The average molecular weight is 338 g/mol. The highest BCUT2D eigenvalue weighted by Crippen LogP contribution is 2.24. The number of aryl methyl sites for hydroxylation is 1. The van der Waals surface area contributed by atoms with Gasteiger partial charge in [0, 0.05) is 11.8 Å². The van der Waals surface area contributed by atoms with Crippen LogP contribution >= 0.6 is 0 Å². The van der Waals surface area contributed by atoms with Crippen LogP contribution in [0.4, 0.5) is 5.69 Å². The van der Waals surface area contributed by atoms with Crippen molar-refractivity contribution < 1.29 is 14.6 Å². The van der Waals surface area contributed by atoms with Crippen LogP contribution in [0.3, 0.4) is 0 Å². The first-order chi connectivity index (χ1) is 12.2. The van der Waals surface area contributed by atoms with Crippen molar-refractivity contribution >= 4 is 11.6 Å². The third-order valence-electron chi connectivity index (χ3n) is 3.62. The lowest BCUT2D eigenvalue weighted by Gasteiger charge is -2.13. The van der Waals surface area contributed by atoms with E-state index in [1.807, 2.05) is 18.2 Å². The van der Waals surface area contributed by atoms with Crippen molar-refractivity contribution in [2.45, 2.75) is 13.3 Å². The van der Waals surface area contributed by atoms with Crippen LogP contribution < -0.4 is 10.1 Å². The molecule has 0 fully saturated rings. The van der Waals surface area contributed by atoms with Crippen molar-refractivity contribution in [2.24, 2.45) is 0 Å². The molecule has 2 N–H and O–H groups in total. The van der Waals surface area contributed by atoms with Crippen LogP contribution in [0.15, 0.2) is 55.1 Å². The molecule has 1 heterocycles. The maximum atomic E-state index is 12.1. The molecule has 1 amide bonds. The SMILES string of the molecule is CCc1ccc(OCC(=O)Nc2cccc(O)c2)c(-n2cnnc2)c1. The number of rotatable bonds is 6. The third-order valence-corrected chi connectivity index (χ3v) is 3.62. The maximum absolute atomic E-state index is 12.1. The number of carbonyl (C=O) groups excluding carboxylic acids is 1. The summed E-state index contributed by atoms with van der Waals surface area (Å²) in [7, 11) is 0. The van der Waals surface area contributed by atoms with Crippen molar-refractivity contribution in [3.8, 4) is 17.2 Å². The van der Waals surface area contributed by atoms with Crippen LogP contribution in [-0.2, 0) is 11.2 Å². The lowest BCUT2D eigenvalue weighted by Crippen LogP contribution is -2.20. The molecule has 2 aromatic carbocycles. The number of carbonyl (C=O) groups is 1. The predicted molar refractivity (Wildman–Crippen MR) is 93.0 cm³/mol. The van der Waals surface area contributed by atoms with Crippen LogP contribution in [0.5, 0.6) is 11.5 Å². The number of ether oxygens (including phenoxy) is 1. The molecule has 0 aliphatic rings. The van der Waals surface area contributed by atoms with Gasteiger partial charge in [0.1, 0.15) is 24.2 Å². The fraction of sp³-hybridized carbons (Fsp3) is 0.167. The molecule has 3 rings (SSSR count). The topological polar surface area (TPSA) is 89.3 Å². The quantitative estimate of drug-likeness (QED) is 0.721. The molecule has 0 radical (unpaired) electrons. The second kappa shape index (κ2) is 7.48. The molecule has 128 valence electrons. The monoisotopic (exact) mass is 338 g/mol. The summed E-state index contributed by atoms with van der Waals surface area (Å²) in [6, 6.07) is 12.1. The fourth-order valence-electron chi connectivity index (χ4n) is 2.36. The zero-order valence-electron chi connectivity index (χ0n) is 13.7. The molecule has 0 bridgehead atoms. The van der Waals surface area contributed by atoms with Gasteiger partial charge in [-0.05, 0) is 36.2 Å².